The van der Waals surface area contributed by atoms with Crippen LogP contribution in [0.25, 0.3) is 0 Å². The Morgan fingerprint density at radius 3 is 2.95 bits per heavy atom. The Labute approximate surface area is 123 Å². The lowest BCUT2D eigenvalue weighted by molar-refractivity contribution is -0.138. The van der Waals surface area contributed by atoms with Gasteiger partial charge < -0.3 is 10.4 Å². The van der Waals surface area contributed by atoms with Crippen molar-refractivity contribution in [3.8, 4) is 0 Å². The molecule has 2 N–H and O–H groups in total. The molecule has 0 saturated carbocycles. The Hall–Kier alpha value is -1.86. The highest BCUT2D eigenvalue weighted by molar-refractivity contribution is 8.15. The summed E-state index contributed by atoms with van der Waals surface area (Å²) in [5.74, 6) is -1.40. The number of thioether (sulfide) groups is 1. The summed E-state index contributed by atoms with van der Waals surface area (Å²) >= 11 is 6.99. The second kappa shape index (κ2) is 6.53. The average molecular weight is 312 g/mol. The van der Waals surface area contributed by atoms with Crippen LogP contribution in [-0.2, 0) is 9.59 Å². The molecule has 1 aliphatic rings. The molecule has 1 aromatic carbocycles. The Kier molecular flexibility index (Phi) is 4.75. The standard InChI is InChI=1S/C12H10ClN3O3S/c13-8-4-2-1-3-7(8)6-14-16-12-15-11(19)9(20-12)5-10(17)18/h1-4,6,9H,5H2,(H,17,18)(H,15,16,19)/b14-6-/t9-/m0/s1. The maximum Gasteiger partial charge on any atom is 0.305 e. The molecule has 1 aliphatic heterocycles. The molecule has 104 valence electrons. The molecule has 1 heterocycles. The molecule has 1 atom stereocenters. The second-order valence-electron chi connectivity index (χ2n) is 3.86. The molecule has 0 bridgehead atoms. The van der Waals surface area contributed by atoms with Crippen LogP contribution < -0.4 is 5.32 Å². The van der Waals surface area contributed by atoms with Gasteiger partial charge in [0.2, 0.25) is 5.91 Å². The predicted octanol–water partition coefficient (Wildman–Crippen LogP) is 1.74. The molecule has 6 nitrogen and oxygen atoms in total. The van der Waals surface area contributed by atoms with Crippen molar-refractivity contribution in [1.29, 1.82) is 0 Å². The van der Waals surface area contributed by atoms with Crippen LogP contribution in [0.15, 0.2) is 34.5 Å². The number of carboxylic acid groups (broad SMARTS) is 1. The van der Waals surface area contributed by atoms with Crippen molar-refractivity contribution in [3.63, 3.8) is 0 Å². The minimum absolute atomic E-state index is 0.246. The minimum atomic E-state index is -1.03. The molecule has 1 fully saturated rings. The normalized spacial score (nSPS) is 20.6. The molecule has 1 saturated heterocycles. The third kappa shape index (κ3) is 3.82. The molecule has 2 rings (SSSR count). The number of hydrogen-bond donors (Lipinski definition) is 2. The number of amidine groups is 1. The first-order valence-corrected chi connectivity index (χ1v) is 6.87. The van der Waals surface area contributed by atoms with E-state index < -0.39 is 11.2 Å². The Morgan fingerprint density at radius 1 is 1.50 bits per heavy atom. The van der Waals surface area contributed by atoms with Crippen molar-refractivity contribution in [1.82, 2.24) is 5.32 Å². The van der Waals surface area contributed by atoms with Gasteiger partial charge in [0.05, 0.1) is 12.6 Å². The van der Waals surface area contributed by atoms with E-state index in [-0.39, 0.29) is 17.5 Å². The van der Waals surface area contributed by atoms with Gasteiger partial charge in [-0.15, -0.1) is 5.10 Å². The summed E-state index contributed by atoms with van der Waals surface area (Å²) in [4.78, 5) is 22.0. The highest BCUT2D eigenvalue weighted by atomic mass is 35.5. The van der Waals surface area contributed by atoms with Gasteiger partial charge in [0, 0.05) is 10.6 Å². The van der Waals surface area contributed by atoms with Crippen LogP contribution in [0.4, 0.5) is 0 Å². The van der Waals surface area contributed by atoms with Crippen LogP contribution in [0.1, 0.15) is 12.0 Å². The lowest BCUT2D eigenvalue weighted by atomic mass is 10.2. The number of amides is 1. The third-order valence-electron chi connectivity index (χ3n) is 2.39. The van der Waals surface area contributed by atoms with Crippen molar-refractivity contribution >= 4 is 46.6 Å². The van der Waals surface area contributed by atoms with E-state index in [1.807, 2.05) is 6.07 Å². The monoisotopic (exact) mass is 311 g/mol. The molecule has 8 heteroatoms. The molecule has 0 radical (unpaired) electrons. The Morgan fingerprint density at radius 2 is 2.25 bits per heavy atom. The van der Waals surface area contributed by atoms with Crippen LogP contribution in [0.3, 0.4) is 0 Å². The van der Waals surface area contributed by atoms with Crippen molar-refractivity contribution in [3.05, 3.63) is 34.9 Å². The number of rotatable bonds is 4. The van der Waals surface area contributed by atoms with E-state index >= 15 is 0 Å². The maximum absolute atomic E-state index is 11.5. The third-order valence-corrected chi connectivity index (χ3v) is 3.80. The first kappa shape index (κ1) is 14.5. The van der Waals surface area contributed by atoms with Gasteiger partial charge in [0.25, 0.3) is 0 Å². The van der Waals surface area contributed by atoms with Crippen LogP contribution in [0, 0.1) is 0 Å². The summed E-state index contributed by atoms with van der Waals surface area (Å²) in [6, 6.07) is 7.12. The van der Waals surface area contributed by atoms with Gasteiger partial charge in [0.1, 0.15) is 5.25 Å². The fraction of sp³-hybridized carbons (Fsp3) is 0.167. The summed E-state index contributed by atoms with van der Waals surface area (Å²) in [5, 5.41) is 19.0. The smallest absolute Gasteiger partial charge is 0.305 e. The Bertz CT molecular complexity index is 603. The first-order chi connectivity index (χ1) is 9.56. The van der Waals surface area contributed by atoms with Crippen LogP contribution in [-0.4, -0.2) is 33.6 Å². The Balaban J connectivity index is 2.01. The lowest BCUT2D eigenvalue weighted by Crippen LogP contribution is -2.26. The second-order valence-corrected chi connectivity index (χ2v) is 5.46. The summed E-state index contributed by atoms with van der Waals surface area (Å²) in [7, 11) is 0. The number of nitrogens with one attached hydrogen (secondary N) is 1. The quantitative estimate of drug-likeness (QED) is 0.654. The van der Waals surface area contributed by atoms with Crippen LogP contribution >= 0.6 is 23.4 Å². The zero-order chi connectivity index (χ0) is 14.5. The lowest BCUT2D eigenvalue weighted by Gasteiger charge is -1.97. The molecule has 1 aromatic rings. The number of carbonyl (C=O) groups excluding carboxylic acids is 1. The fourth-order valence-corrected chi connectivity index (χ4v) is 2.57. The molecular formula is C12H10ClN3O3S. The number of hydrogen-bond acceptors (Lipinski definition) is 5. The zero-order valence-corrected chi connectivity index (χ0v) is 11.7. The van der Waals surface area contributed by atoms with Crippen LogP contribution in [0.5, 0.6) is 0 Å². The van der Waals surface area contributed by atoms with Gasteiger partial charge in [0.15, 0.2) is 5.17 Å². The number of halogens is 1. The average Bonchev–Trinajstić information content (AvgIpc) is 2.72. The van der Waals surface area contributed by atoms with E-state index in [2.05, 4.69) is 15.5 Å². The van der Waals surface area contributed by atoms with Gasteiger partial charge in [-0.3, -0.25) is 9.59 Å². The molecule has 20 heavy (non-hydrogen) atoms. The van der Waals surface area contributed by atoms with Crippen molar-refractivity contribution < 1.29 is 14.7 Å². The highest BCUT2D eigenvalue weighted by Gasteiger charge is 2.32. The van der Waals surface area contributed by atoms with Crippen molar-refractivity contribution in [2.45, 2.75) is 11.7 Å². The summed E-state index contributed by atoms with van der Waals surface area (Å²) < 4.78 is 0. The number of carboxylic acids is 1. The van der Waals surface area contributed by atoms with E-state index in [1.54, 1.807) is 18.2 Å². The van der Waals surface area contributed by atoms with Gasteiger partial charge in [-0.2, -0.15) is 5.10 Å². The number of carbonyl (C=O) groups is 2. The summed E-state index contributed by atoms with van der Waals surface area (Å²) in [6.07, 6.45) is 1.22. The van der Waals surface area contributed by atoms with Crippen molar-refractivity contribution in [2.24, 2.45) is 10.2 Å². The summed E-state index contributed by atoms with van der Waals surface area (Å²) in [6.45, 7) is 0. The first-order valence-electron chi connectivity index (χ1n) is 5.61. The van der Waals surface area contributed by atoms with Crippen molar-refractivity contribution in [2.75, 3.05) is 0 Å². The molecule has 1 amide bonds. The van der Waals surface area contributed by atoms with Crippen LogP contribution in [0.2, 0.25) is 5.02 Å². The highest BCUT2D eigenvalue weighted by Crippen LogP contribution is 2.22. The summed E-state index contributed by atoms with van der Waals surface area (Å²) in [5.41, 5.74) is 0.704. The molecule has 0 aliphatic carbocycles. The van der Waals surface area contributed by atoms with E-state index in [9.17, 15) is 9.59 Å². The number of benzene rings is 1. The molecule has 0 unspecified atom stereocenters. The van der Waals surface area contributed by atoms with Gasteiger partial charge in [-0.1, -0.05) is 41.6 Å². The van der Waals surface area contributed by atoms with E-state index in [4.69, 9.17) is 16.7 Å². The molecule has 0 aromatic heterocycles. The topological polar surface area (TPSA) is 91.1 Å². The van der Waals surface area contributed by atoms with Gasteiger partial charge >= 0.3 is 5.97 Å². The van der Waals surface area contributed by atoms with E-state index in [1.165, 1.54) is 6.21 Å². The SMILES string of the molecule is O=C(O)C[C@@H]1S/C(=N\N=C/c2ccccc2Cl)NC1=O. The van der Waals surface area contributed by atoms with E-state index in [0.29, 0.717) is 10.6 Å². The number of nitrogens with zero attached hydrogens (tertiary/aromatic N) is 2. The van der Waals surface area contributed by atoms with Gasteiger partial charge in [-0.05, 0) is 6.07 Å². The molecule has 0 spiro atoms. The zero-order valence-electron chi connectivity index (χ0n) is 10.1. The fourth-order valence-electron chi connectivity index (χ4n) is 1.47. The maximum atomic E-state index is 11.5. The largest absolute Gasteiger partial charge is 0.481 e. The van der Waals surface area contributed by atoms with E-state index in [0.717, 1.165) is 11.8 Å². The molecular weight excluding hydrogens is 302 g/mol. The van der Waals surface area contributed by atoms with Gasteiger partial charge in [-0.25, -0.2) is 0 Å². The minimum Gasteiger partial charge on any atom is -0.481 e. The number of aliphatic carboxylic acids is 1. The predicted molar refractivity (Wildman–Crippen MR) is 78.3 cm³/mol.